The largest absolute Gasteiger partial charge is 0.494 e. The van der Waals surface area contributed by atoms with E-state index < -0.39 is 0 Å². The summed E-state index contributed by atoms with van der Waals surface area (Å²) in [7, 11) is 0. The van der Waals surface area contributed by atoms with Crippen molar-refractivity contribution in [3.63, 3.8) is 0 Å². The van der Waals surface area contributed by atoms with E-state index in [9.17, 15) is 4.79 Å². The third-order valence-corrected chi connectivity index (χ3v) is 5.87. The smallest absolute Gasteiger partial charge is 0.338 e. The average Bonchev–Trinajstić information content (AvgIpc) is 3.17. The van der Waals surface area contributed by atoms with Crippen LogP contribution in [-0.2, 0) is 9.53 Å². The standard InChI is InChI=1S/C27H33N3O3/c1-5-9-22-24(26(31)32-6-2)25(19-12-14-20(15-13-19)33-17-16-18(3)4)30-23-11-8-7-10-21(23)28-27(30)29-22/h7-8,10-15,18,25H,5-6,9,16-17H2,1-4H3,(H,28,29)/t25-/m0/s1. The minimum absolute atomic E-state index is 0.292. The summed E-state index contributed by atoms with van der Waals surface area (Å²) >= 11 is 0. The number of para-hydroxylation sites is 2. The van der Waals surface area contributed by atoms with E-state index in [-0.39, 0.29) is 12.0 Å². The van der Waals surface area contributed by atoms with E-state index in [1.807, 2.05) is 55.5 Å². The molecule has 0 unspecified atom stereocenters. The fourth-order valence-electron chi connectivity index (χ4n) is 4.26. The number of anilines is 1. The molecule has 0 saturated heterocycles. The van der Waals surface area contributed by atoms with Gasteiger partial charge in [0.15, 0.2) is 0 Å². The second-order valence-corrected chi connectivity index (χ2v) is 8.78. The Morgan fingerprint density at radius 1 is 1.12 bits per heavy atom. The van der Waals surface area contributed by atoms with Crippen molar-refractivity contribution in [2.24, 2.45) is 5.92 Å². The van der Waals surface area contributed by atoms with Crippen LogP contribution in [0.15, 0.2) is 59.8 Å². The van der Waals surface area contributed by atoms with E-state index in [0.717, 1.165) is 53.3 Å². The summed E-state index contributed by atoms with van der Waals surface area (Å²) in [5.41, 5.74) is 4.37. The van der Waals surface area contributed by atoms with Gasteiger partial charge in [-0.3, -0.25) is 4.57 Å². The van der Waals surface area contributed by atoms with Gasteiger partial charge in [-0.2, -0.15) is 0 Å². The third kappa shape index (κ3) is 4.75. The Morgan fingerprint density at radius 2 is 1.88 bits per heavy atom. The summed E-state index contributed by atoms with van der Waals surface area (Å²) in [4.78, 5) is 18.0. The van der Waals surface area contributed by atoms with Gasteiger partial charge in [0.25, 0.3) is 0 Å². The molecule has 0 spiro atoms. The molecule has 1 aliphatic rings. The van der Waals surface area contributed by atoms with E-state index in [1.54, 1.807) is 0 Å². The van der Waals surface area contributed by atoms with Gasteiger partial charge in [0, 0.05) is 5.70 Å². The summed E-state index contributed by atoms with van der Waals surface area (Å²) < 4.78 is 13.5. The van der Waals surface area contributed by atoms with Gasteiger partial charge < -0.3 is 14.8 Å². The fourth-order valence-corrected chi connectivity index (χ4v) is 4.26. The number of allylic oxidation sites excluding steroid dienone is 1. The Balaban J connectivity index is 1.80. The van der Waals surface area contributed by atoms with Crippen LogP contribution in [0.1, 0.15) is 58.6 Å². The van der Waals surface area contributed by atoms with Gasteiger partial charge in [-0.25, -0.2) is 9.78 Å². The number of nitrogens with one attached hydrogen (secondary N) is 1. The van der Waals surface area contributed by atoms with Gasteiger partial charge in [0.2, 0.25) is 5.95 Å². The molecule has 2 heterocycles. The van der Waals surface area contributed by atoms with Gasteiger partial charge in [0.1, 0.15) is 5.75 Å². The third-order valence-electron chi connectivity index (χ3n) is 5.87. The van der Waals surface area contributed by atoms with Gasteiger partial charge in [-0.15, -0.1) is 0 Å². The molecule has 0 fully saturated rings. The molecule has 0 aliphatic carbocycles. The maximum Gasteiger partial charge on any atom is 0.338 e. The molecule has 1 aromatic heterocycles. The first-order valence-electron chi connectivity index (χ1n) is 11.9. The highest BCUT2D eigenvalue weighted by molar-refractivity contribution is 5.94. The van der Waals surface area contributed by atoms with E-state index in [4.69, 9.17) is 14.5 Å². The highest BCUT2D eigenvalue weighted by Crippen LogP contribution is 2.41. The van der Waals surface area contributed by atoms with Crippen LogP contribution < -0.4 is 10.1 Å². The lowest BCUT2D eigenvalue weighted by Crippen LogP contribution is -2.29. The van der Waals surface area contributed by atoms with Crippen molar-refractivity contribution in [3.05, 3.63) is 65.4 Å². The van der Waals surface area contributed by atoms with Gasteiger partial charge in [-0.05, 0) is 55.5 Å². The summed E-state index contributed by atoms with van der Waals surface area (Å²) in [6.45, 7) is 9.34. The van der Waals surface area contributed by atoms with Crippen LogP contribution in [0.2, 0.25) is 0 Å². The number of hydrogen-bond acceptors (Lipinski definition) is 5. The topological polar surface area (TPSA) is 65.4 Å². The Bertz CT molecular complexity index is 1150. The second-order valence-electron chi connectivity index (χ2n) is 8.78. The molecule has 4 rings (SSSR count). The predicted molar refractivity (Wildman–Crippen MR) is 131 cm³/mol. The number of carbonyl (C=O) groups excluding carboxylic acids is 1. The maximum atomic E-state index is 13.2. The van der Waals surface area contributed by atoms with Crippen molar-refractivity contribution >= 4 is 23.0 Å². The minimum atomic E-state index is -0.334. The highest BCUT2D eigenvalue weighted by atomic mass is 16.5. The molecular formula is C27H33N3O3. The summed E-state index contributed by atoms with van der Waals surface area (Å²) in [6, 6.07) is 15.7. The molecule has 6 heteroatoms. The Labute approximate surface area is 195 Å². The number of fused-ring (bicyclic) bond motifs is 3. The first kappa shape index (κ1) is 22.9. The lowest BCUT2D eigenvalue weighted by Gasteiger charge is -2.31. The monoisotopic (exact) mass is 447 g/mol. The van der Waals surface area contributed by atoms with Gasteiger partial charge in [-0.1, -0.05) is 51.5 Å². The zero-order valence-electron chi connectivity index (χ0n) is 19.9. The number of hydrogen-bond donors (Lipinski definition) is 1. The van der Waals surface area contributed by atoms with Gasteiger partial charge in [0.05, 0.1) is 35.9 Å². The molecule has 1 atom stereocenters. The van der Waals surface area contributed by atoms with Crippen LogP contribution in [0.4, 0.5) is 5.95 Å². The zero-order chi connectivity index (χ0) is 23.4. The number of esters is 1. The highest BCUT2D eigenvalue weighted by Gasteiger charge is 2.35. The molecule has 2 aromatic carbocycles. The fraction of sp³-hybridized carbons (Fsp3) is 0.407. The van der Waals surface area contributed by atoms with Crippen molar-refractivity contribution < 1.29 is 14.3 Å². The quantitative estimate of drug-likeness (QED) is 0.402. The van der Waals surface area contributed by atoms with Crippen LogP contribution >= 0.6 is 0 Å². The maximum absolute atomic E-state index is 13.2. The predicted octanol–water partition coefficient (Wildman–Crippen LogP) is 6.09. The second kappa shape index (κ2) is 10.1. The number of rotatable bonds is 9. The molecule has 0 saturated carbocycles. The number of ether oxygens (including phenoxy) is 2. The summed E-state index contributed by atoms with van der Waals surface area (Å²) in [5, 5.41) is 3.43. The van der Waals surface area contributed by atoms with E-state index in [1.165, 1.54) is 0 Å². The van der Waals surface area contributed by atoms with Crippen LogP contribution in [0.3, 0.4) is 0 Å². The van der Waals surface area contributed by atoms with Crippen molar-refractivity contribution in [1.29, 1.82) is 0 Å². The van der Waals surface area contributed by atoms with E-state index in [2.05, 4.69) is 30.7 Å². The lowest BCUT2D eigenvalue weighted by molar-refractivity contribution is -0.139. The molecule has 3 aromatic rings. The van der Waals surface area contributed by atoms with E-state index in [0.29, 0.717) is 24.7 Å². The van der Waals surface area contributed by atoms with Crippen LogP contribution in [0.5, 0.6) is 5.75 Å². The molecule has 6 nitrogen and oxygen atoms in total. The van der Waals surface area contributed by atoms with Crippen molar-refractivity contribution in [1.82, 2.24) is 9.55 Å². The first-order chi connectivity index (χ1) is 16.0. The summed E-state index contributed by atoms with van der Waals surface area (Å²) in [6.07, 6.45) is 2.65. The Hall–Kier alpha value is -3.28. The lowest BCUT2D eigenvalue weighted by atomic mass is 9.93. The van der Waals surface area contributed by atoms with Crippen molar-refractivity contribution in [2.45, 2.75) is 53.0 Å². The molecule has 1 N–H and O–H groups in total. The number of benzene rings is 2. The van der Waals surface area contributed by atoms with Gasteiger partial charge >= 0.3 is 5.97 Å². The van der Waals surface area contributed by atoms with E-state index >= 15 is 0 Å². The average molecular weight is 448 g/mol. The molecule has 33 heavy (non-hydrogen) atoms. The number of carbonyl (C=O) groups is 1. The number of aromatic nitrogens is 2. The Morgan fingerprint density at radius 3 is 2.58 bits per heavy atom. The normalized spacial score (nSPS) is 15.5. The zero-order valence-corrected chi connectivity index (χ0v) is 19.9. The van der Waals surface area contributed by atoms with Crippen molar-refractivity contribution in [3.8, 4) is 5.75 Å². The van der Waals surface area contributed by atoms with Crippen LogP contribution in [-0.4, -0.2) is 28.7 Å². The van der Waals surface area contributed by atoms with Crippen molar-refractivity contribution in [2.75, 3.05) is 18.5 Å². The molecule has 0 radical (unpaired) electrons. The summed E-state index contributed by atoms with van der Waals surface area (Å²) in [5.74, 6) is 1.88. The molecule has 0 amide bonds. The number of nitrogens with zero attached hydrogens (tertiary/aromatic N) is 2. The van der Waals surface area contributed by atoms with Crippen LogP contribution in [0.25, 0.3) is 11.0 Å². The number of imidazole rings is 1. The minimum Gasteiger partial charge on any atom is -0.494 e. The SMILES string of the molecule is CCCC1=C(C(=O)OCC)[C@H](c2ccc(OCCC(C)C)cc2)n2c(nc3ccccc32)N1. The molecular weight excluding hydrogens is 414 g/mol. The van der Waals surface area contributed by atoms with Crippen LogP contribution in [0, 0.1) is 5.92 Å². The first-order valence-corrected chi connectivity index (χ1v) is 11.9. The molecule has 0 bridgehead atoms. The molecule has 1 aliphatic heterocycles. The Kier molecular flexibility index (Phi) is 7.02. The molecule has 174 valence electrons.